The second kappa shape index (κ2) is 3.95. The molecule has 0 unspecified atom stereocenters. The predicted molar refractivity (Wildman–Crippen MR) is 83.7 cm³/mol. The van der Waals surface area contributed by atoms with Gasteiger partial charge in [0.25, 0.3) is 0 Å². The molecular weight excluding hydrogens is 321 g/mol. The number of benzene rings is 1. The normalized spacial score (nSPS) is 36.5. The summed E-state index contributed by atoms with van der Waals surface area (Å²) >= 11 is 12.0. The molecule has 2 saturated carbocycles. The molecule has 112 valence electrons. The van der Waals surface area contributed by atoms with Gasteiger partial charge < -0.3 is 0 Å². The predicted octanol–water partition coefficient (Wildman–Crippen LogP) is 3.70. The Hall–Kier alpha value is -1.32. The van der Waals surface area contributed by atoms with Crippen LogP contribution in [0.1, 0.15) is 12.8 Å². The molecule has 5 heteroatoms. The van der Waals surface area contributed by atoms with Gasteiger partial charge in [0, 0.05) is 10.0 Å². The van der Waals surface area contributed by atoms with Crippen molar-refractivity contribution in [3.8, 4) is 0 Å². The van der Waals surface area contributed by atoms with Crippen LogP contribution in [0.3, 0.4) is 0 Å². The number of allylic oxidation sites excluding steroid dienone is 2. The summed E-state index contributed by atoms with van der Waals surface area (Å²) < 4.78 is 0. The van der Waals surface area contributed by atoms with Gasteiger partial charge in [0.2, 0.25) is 11.8 Å². The van der Waals surface area contributed by atoms with Crippen LogP contribution in [0, 0.1) is 29.1 Å². The number of carbonyl (C=O) groups excluding carboxylic acids is 2. The molecule has 3 aliphatic carbocycles. The van der Waals surface area contributed by atoms with Gasteiger partial charge in [-0.3, -0.25) is 9.59 Å². The van der Waals surface area contributed by atoms with E-state index in [0.717, 1.165) is 12.8 Å². The maximum absolute atomic E-state index is 12.9. The van der Waals surface area contributed by atoms with Crippen molar-refractivity contribution in [2.45, 2.75) is 12.8 Å². The summed E-state index contributed by atoms with van der Waals surface area (Å²) in [5, 5.41) is 0.861. The van der Waals surface area contributed by atoms with Crippen molar-refractivity contribution in [2.75, 3.05) is 4.90 Å². The van der Waals surface area contributed by atoms with Crippen LogP contribution in [0.15, 0.2) is 30.4 Å². The van der Waals surface area contributed by atoms with Crippen LogP contribution in [0.5, 0.6) is 0 Å². The minimum absolute atomic E-state index is 0.0866. The fourth-order valence-corrected chi connectivity index (χ4v) is 5.52. The quantitative estimate of drug-likeness (QED) is 0.580. The average Bonchev–Trinajstić information content (AvgIpc) is 3.04. The minimum atomic E-state index is -0.192. The number of carbonyl (C=O) groups is 2. The lowest BCUT2D eigenvalue weighted by Gasteiger charge is -2.22. The maximum atomic E-state index is 12.9. The molecule has 1 aliphatic heterocycles. The average molecular weight is 334 g/mol. The Balaban J connectivity index is 1.59. The van der Waals surface area contributed by atoms with Gasteiger partial charge in [0.05, 0.1) is 17.5 Å². The first-order chi connectivity index (χ1) is 10.5. The molecule has 1 aromatic rings. The Kier molecular flexibility index (Phi) is 2.36. The molecule has 3 nitrogen and oxygen atoms in total. The Morgan fingerprint density at radius 3 is 1.86 bits per heavy atom. The molecule has 2 amide bonds. The summed E-state index contributed by atoms with van der Waals surface area (Å²) in [6, 6.07) is 4.86. The fourth-order valence-electron chi connectivity index (χ4n) is 5.00. The molecule has 2 bridgehead atoms. The van der Waals surface area contributed by atoms with Crippen LogP contribution < -0.4 is 4.90 Å². The van der Waals surface area contributed by atoms with Gasteiger partial charge >= 0.3 is 0 Å². The molecular formula is C17H13Cl2NO2. The molecule has 4 atom stereocenters. The second-order valence-electron chi connectivity index (χ2n) is 6.86. The summed E-state index contributed by atoms with van der Waals surface area (Å²) in [4.78, 5) is 27.1. The number of hydrogen-bond acceptors (Lipinski definition) is 2. The maximum Gasteiger partial charge on any atom is 0.238 e. The number of hydrogen-bond donors (Lipinski definition) is 0. The molecule has 1 spiro atoms. The highest BCUT2D eigenvalue weighted by Crippen LogP contribution is 2.73. The number of anilines is 1. The van der Waals surface area contributed by atoms with Gasteiger partial charge in [-0.2, -0.15) is 0 Å². The molecule has 1 heterocycles. The van der Waals surface area contributed by atoms with E-state index in [0.29, 0.717) is 15.7 Å². The first-order valence-electron chi connectivity index (χ1n) is 7.55. The van der Waals surface area contributed by atoms with Gasteiger partial charge in [0.15, 0.2) is 0 Å². The third kappa shape index (κ3) is 1.40. The van der Waals surface area contributed by atoms with Crippen molar-refractivity contribution < 1.29 is 9.59 Å². The summed E-state index contributed by atoms with van der Waals surface area (Å²) in [5.74, 6) is -0.0874. The zero-order valence-electron chi connectivity index (χ0n) is 11.6. The third-order valence-electron chi connectivity index (χ3n) is 5.96. The van der Waals surface area contributed by atoms with Crippen molar-refractivity contribution in [1.82, 2.24) is 0 Å². The minimum Gasteiger partial charge on any atom is -0.274 e. The Labute approximate surface area is 137 Å². The highest BCUT2D eigenvalue weighted by Gasteiger charge is 2.73. The Morgan fingerprint density at radius 1 is 0.909 bits per heavy atom. The molecule has 0 N–H and O–H groups in total. The first-order valence-corrected chi connectivity index (χ1v) is 8.31. The van der Waals surface area contributed by atoms with Crippen LogP contribution >= 0.6 is 23.2 Å². The van der Waals surface area contributed by atoms with E-state index in [2.05, 4.69) is 12.2 Å². The van der Waals surface area contributed by atoms with Gasteiger partial charge in [-0.15, -0.1) is 0 Å². The SMILES string of the molecule is O=C1[C@@H]2[C@@H](C(=O)N1c1cc(Cl)cc(Cl)c1)[C@@H]1C=C[C@H]2C12CC2. The molecule has 1 saturated heterocycles. The van der Waals surface area contributed by atoms with Crippen molar-refractivity contribution in [2.24, 2.45) is 29.1 Å². The van der Waals surface area contributed by atoms with E-state index in [1.165, 1.54) is 4.90 Å². The molecule has 4 aliphatic rings. The lowest BCUT2D eigenvalue weighted by atomic mass is 9.85. The molecule has 3 fully saturated rings. The second-order valence-corrected chi connectivity index (χ2v) is 7.73. The van der Waals surface area contributed by atoms with Crippen molar-refractivity contribution in [3.05, 3.63) is 40.4 Å². The van der Waals surface area contributed by atoms with Gasteiger partial charge in [-0.05, 0) is 48.3 Å². The topological polar surface area (TPSA) is 37.4 Å². The van der Waals surface area contributed by atoms with E-state index in [9.17, 15) is 9.59 Å². The number of halogens is 2. The number of nitrogens with zero attached hydrogens (tertiary/aromatic N) is 1. The van der Waals surface area contributed by atoms with E-state index in [1.54, 1.807) is 18.2 Å². The van der Waals surface area contributed by atoms with Crippen LogP contribution in [-0.4, -0.2) is 11.8 Å². The van der Waals surface area contributed by atoms with E-state index in [-0.39, 0.29) is 40.9 Å². The molecule has 5 rings (SSSR count). The highest BCUT2D eigenvalue weighted by molar-refractivity contribution is 6.35. The third-order valence-corrected chi connectivity index (χ3v) is 6.39. The van der Waals surface area contributed by atoms with E-state index < -0.39 is 0 Å². The fraction of sp³-hybridized carbons (Fsp3) is 0.412. The van der Waals surface area contributed by atoms with Crippen molar-refractivity contribution >= 4 is 40.7 Å². The zero-order valence-corrected chi connectivity index (χ0v) is 13.1. The van der Waals surface area contributed by atoms with Crippen LogP contribution in [0.4, 0.5) is 5.69 Å². The van der Waals surface area contributed by atoms with E-state index in [4.69, 9.17) is 23.2 Å². The Morgan fingerprint density at radius 2 is 1.41 bits per heavy atom. The largest absolute Gasteiger partial charge is 0.274 e. The zero-order chi connectivity index (χ0) is 15.2. The van der Waals surface area contributed by atoms with Crippen LogP contribution in [0.2, 0.25) is 10.0 Å². The van der Waals surface area contributed by atoms with Crippen LogP contribution in [0.25, 0.3) is 0 Å². The van der Waals surface area contributed by atoms with Gasteiger partial charge in [-0.1, -0.05) is 35.4 Å². The standard InChI is InChI=1S/C17H13Cl2NO2/c18-8-5-9(19)7-10(6-8)20-15(21)13-11-1-2-12(14(13)16(20)22)17(11)3-4-17/h1-2,5-7,11-14H,3-4H2/t11-,12+,13-,14-/m0/s1. The number of rotatable bonds is 1. The first kappa shape index (κ1) is 13.1. The highest BCUT2D eigenvalue weighted by atomic mass is 35.5. The lowest BCUT2D eigenvalue weighted by Crippen LogP contribution is -2.34. The number of imide groups is 1. The monoisotopic (exact) mass is 333 g/mol. The van der Waals surface area contributed by atoms with Crippen LogP contribution in [-0.2, 0) is 9.59 Å². The summed E-state index contributed by atoms with van der Waals surface area (Å²) in [6.45, 7) is 0. The van der Waals surface area contributed by atoms with E-state index >= 15 is 0 Å². The summed E-state index contributed by atoms with van der Waals surface area (Å²) in [6.07, 6.45) is 6.62. The summed E-state index contributed by atoms with van der Waals surface area (Å²) in [5.41, 5.74) is 0.713. The van der Waals surface area contributed by atoms with Crippen molar-refractivity contribution in [1.29, 1.82) is 0 Å². The number of amides is 2. The molecule has 22 heavy (non-hydrogen) atoms. The van der Waals surface area contributed by atoms with Gasteiger partial charge in [0.1, 0.15) is 0 Å². The smallest absolute Gasteiger partial charge is 0.238 e. The van der Waals surface area contributed by atoms with Crippen molar-refractivity contribution in [3.63, 3.8) is 0 Å². The van der Waals surface area contributed by atoms with E-state index in [1.807, 2.05) is 0 Å². The summed E-state index contributed by atoms with van der Waals surface area (Å²) in [7, 11) is 0. The molecule has 0 radical (unpaired) electrons. The molecule has 0 aromatic heterocycles. The Bertz CT molecular complexity index is 714. The molecule has 1 aromatic carbocycles. The van der Waals surface area contributed by atoms with Gasteiger partial charge in [-0.25, -0.2) is 4.90 Å². The number of fused-ring (bicyclic) bond motifs is 3. The lowest BCUT2D eigenvalue weighted by molar-refractivity contribution is -0.123.